The first-order valence-electron chi connectivity index (χ1n) is 7.13. The van der Waals surface area contributed by atoms with Crippen molar-refractivity contribution >= 4 is 15.9 Å². The Morgan fingerprint density at radius 3 is 2.84 bits per heavy atom. The highest BCUT2D eigenvalue weighted by molar-refractivity contribution is 9.10. The van der Waals surface area contributed by atoms with Gasteiger partial charge >= 0.3 is 0 Å². The normalized spacial score (nSPS) is 21.3. The van der Waals surface area contributed by atoms with Crippen molar-refractivity contribution in [3.63, 3.8) is 0 Å². The van der Waals surface area contributed by atoms with E-state index in [4.69, 9.17) is 0 Å². The summed E-state index contributed by atoms with van der Waals surface area (Å²) in [5.74, 6) is 0. The Balaban J connectivity index is 2.07. The van der Waals surface area contributed by atoms with E-state index in [1.807, 2.05) is 0 Å². The van der Waals surface area contributed by atoms with E-state index in [-0.39, 0.29) is 0 Å². The van der Waals surface area contributed by atoms with Crippen LogP contribution in [0.2, 0.25) is 0 Å². The molecule has 0 aliphatic carbocycles. The second-order valence-corrected chi connectivity index (χ2v) is 6.43. The van der Waals surface area contributed by atoms with E-state index in [1.54, 1.807) is 0 Å². The van der Waals surface area contributed by atoms with E-state index in [1.165, 1.54) is 36.1 Å². The van der Waals surface area contributed by atoms with Crippen molar-refractivity contribution in [2.75, 3.05) is 27.2 Å². The van der Waals surface area contributed by atoms with Crippen molar-refractivity contribution < 1.29 is 0 Å². The molecule has 1 aliphatic heterocycles. The van der Waals surface area contributed by atoms with Crippen LogP contribution in [0.5, 0.6) is 0 Å². The van der Waals surface area contributed by atoms with Gasteiger partial charge in [0.15, 0.2) is 0 Å². The third kappa shape index (κ3) is 3.38. The summed E-state index contributed by atoms with van der Waals surface area (Å²) in [5, 5.41) is 4.57. The molecular formula is C14H25BrN4. The SMILES string of the molecule is CCn1nc(C)c(Br)c1CN(C)C1CCCN(C)C1. The molecule has 0 saturated carbocycles. The second-order valence-electron chi connectivity index (χ2n) is 5.64. The Bertz CT molecular complexity index is 429. The molecule has 0 bridgehead atoms. The molecule has 1 aliphatic rings. The van der Waals surface area contributed by atoms with E-state index in [0.717, 1.165) is 18.8 Å². The summed E-state index contributed by atoms with van der Waals surface area (Å²) >= 11 is 3.69. The number of nitrogens with zero attached hydrogens (tertiary/aromatic N) is 4. The average molecular weight is 329 g/mol. The third-order valence-corrected chi connectivity index (χ3v) is 5.11. The molecule has 1 saturated heterocycles. The van der Waals surface area contributed by atoms with Crippen molar-refractivity contribution in [2.45, 2.75) is 45.8 Å². The van der Waals surface area contributed by atoms with Crippen LogP contribution in [-0.4, -0.2) is 52.8 Å². The van der Waals surface area contributed by atoms with Crippen LogP contribution in [0.4, 0.5) is 0 Å². The fraction of sp³-hybridized carbons (Fsp3) is 0.786. The van der Waals surface area contributed by atoms with Crippen molar-refractivity contribution in [3.8, 4) is 0 Å². The molecular weight excluding hydrogens is 304 g/mol. The van der Waals surface area contributed by atoms with E-state index in [9.17, 15) is 0 Å². The molecule has 5 heteroatoms. The minimum atomic E-state index is 0.658. The van der Waals surface area contributed by atoms with Crippen molar-refractivity contribution in [1.29, 1.82) is 0 Å². The molecule has 1 fully saturated rings. The van der Waals surface area contributed by atoms with Gasteiger partial charge in [0.1, 0.15) is 0 Å². The summed E-state index contributed by atoms with van der Waals surface area (Å²) in [6.45, 7) is 8.52. The molecule has 1 aromatic heterocycles. The maximum Gasteiger partial charge on any atom is 0.0739 e. The Labute approximate surface area is 124 Å². The number of aryl methyl sites for hydroxylation is 2. The van der Waals surface area contributed by atoms with Crippen molar-refractivity contribution in [3.05, 3.63) is 15.9 Å². The molecule has 108 valence electrons. The quantitative estimate of drug-likeness (QED) is 0.848. The lowest BCUT2D eigenvalue weighted by Crippen LogP contribution is -2.44. The first-order valence-corrected chi connectivity index (χ1v) is 7.92. The predicted octanol–water partition coefficient (Wildman–Crippen LogP) is 2.50. The third-order valence-electron chi connectivity index (χ3n) is 4.07. The van der Waals surface area contributed by atoms with Gasteiger partial charge in [-0.1, -0.05) is 0 Å². The lowest BCUT2D eigenvalue weighted by molar-refractivity contribution is 0.127. The van der Waals surface area contributed by atoms with E-state index < -0.39 is 0 Å². The lowest BCUT2D eigenvalue weighted by atomic mass is 10.0. The molecule has 0 N–H and O–H groups in total. The van der Waals surface area contributed by atoms with Gasteiger partial charge in [-0.05, 0) is 63.3 Å². The van der Waals surface area contributed by atoms with Gasteiger partial charge in [-0.3, -0.25) is 9.58 Å². The van der Waals surface area contributed by atoms with Crippen LogP contribution in [0.3, 0.4) is 0 Å². The van der Waals surface area contributed by atoms with Crippen molar-refractivity contribution in [1.82, 2.24) is 19.6 Å². The topological polar surface area (TPSA) is 24.3 Å². The van der Waals surface area contributed by atoms with Crippen LogP contribution in [-0.2, 0) is 13.1 Å². The second kappa shape index (κ2) is 6.37. The molecule has 1 aromatic rings. The maximum absolute atomic E-state index is 4.57. The Hall–Kier alpha value is -0.390. The zero-order valence-electron chi connectivity index (χ0n) is 12.5. The van der Waals surface area contributed by atoms with Crippen LogP contribution >= 0.6 is 15.9 Å². The predicted molar refractivity (Wildman–Crippen MR) is 82.3 cm³/mol. The van der Waals surface area contributed by atoms with Gasteiger partial charge in [-0.25, -0.2) is 0 Å². The highest BCUT2D eigenvalue weighted by Crippen LogP contribution is 2.24. The minimum absolute atomic E-state index is 0.658. The van der Waals surface area contributed by atoms with Crippen LogP contribution in [0.1, 0.15) is 31.2 Å². The Kier molecular flexibility index (Phi) is 5.03. The number of aromatic nitrogens is 2. The van der Waals surface area contributed by atoms with Gasteiger partial charge < -0.3 is 4.90 Å². The summed E-state index contributed by atoms with van der Waals surface area (Å²) in [7, 11) is 4.45. The van der Waals surface area contributed by atoms with Gasteiger partial charge in [0.2, 0.25) is 0 Å². The average Bonchev–Trinajstić information content (AvgIpc) is 2.66. The molecule has 0 radical (unpaired) electrons. The number of likely N-dealkylation sites (N-methyl/N-ethyl adjacent to an activating group) is 2. The van der Waals surface area contributed by atoms with Gasteiger partial charge in [-0.2, -0.15) is 5.10 Å². The summed E-state index contributed by atoms with van der Waals surface area (Å²) in [5.41, 5.74) is 2.39. The summed E-state index contributed by atoms with van der Waals surface area (Å²) in [4.78, 5) is 4.91. The molecule has 2 heterocycles. The van der Waals surface area contributed by atoms with E-state index in [2.05, 4.69) is 63.5 Å². The maximum atomic E-state index is 4.57. The minimum Gasteiger partial charge on any atom is -0.305 e. The van der Waals surface area contributed by atoms with Gasteiger partial charge in [0, 0.05) is 25.7 Å². The number of piperidine rings is 1. The van der Waals surface area contributed by atoms with Crippen LogP contribution in [0.15, 0.2) is 4.47 Å². The van der Waals surface area contributed by atoms with Crippen molar-refractivity contribution in [2.24, 2.45) is 0 Å². The van der Waals surface area contributed by atoms with Gasteiger partial charge in [0.25, 0.3) is 0 Å². The molecule has 0 aromatic carbocycles. The number of likely N-dealkylation sites (tertiary alicyclic amines) is 1. The molecule has 19 heavy (non-hydrogen) atoms. The summed E-state index contributed by atoms with van der Waals surface area (Å²) in [6, 6.07) is 0.658. The highest BCUT2D eigenvalue weighted by Gasteiger charge is 2.23. The fourth-order valence-electron chi connectivity index (χ4n) is 2.88. The highest BCUT2D eigenvalue weighted by atomic mass is 79.9. The molecule has 1 atom stereocenters. The molecule has 2 rings (SSSR count). The number of halogens is 1. The van der Waals surface area contributed by atoms with Gasteiger partial charge in [0.05, 0.1) is 15.9 Å². The van der Waals surface area contributed by atoms with Crippen LogP contribution in [0.25, 0.3) is 0 Å². The van der Waals surface area contributed by atoms with Crippen LogP contribution < -0.4 is 0 Å². The first-order chi connectivity index (χ1) is 9.02. The lowest BCUT2D eigenvalue weighted by Gasteiger charge is -2.35. The first kappa shape index (κ1) is 15.0. The smallest absolute Gasteiger partial charge is 0.0739 e. The fourth-order valence-corrected chi connectivity index (χ4v) is 3.29. The Morgan fingerprint density at radius 1 is 1.47 bits per heavy atom. The molecule has 1 unspecified atom stereocenters. The summed E-state index contributed by atoms with van der Waals surface area (Å²) < 4.78 is 3.29. The van der Waals surface area contributed by atoms with Gasteiger partial charge in [-0.15, -0.1) is 0 Å². The standard InChI is InChI=1S/C14H25BrN4/c1-5-19-13(14(15)11(2)16-19)10-18(4)12-7-6-8-17(3)9-12/h12H,5-10H2,1-4H3. The number of rotatable bonds is 4. The summed E-state index contributed by atoms with van der Waals surface area (Å²) in [6.07, 6.45) is 2.61. The zero-order valence-corrected chi connectivity index (χ0v) is 14.1. The monoisotopic (exact) mass is 328 g/mol. The van der Waals surface area contributed by atoms with Crippen LogP contribution in [0, 0.1) is 6.92 Å². The number of hydrogen-bond acceptors (Lipinski definition) is 3. The van der Waals surface area contributed by atoms with E-state index >= 15 is 0 Å². The molecule has 0 amide bonds. The largest absolute Gasteiger partial charge is 0.305 e. The number of hydrogen-bond donors (Lipinski definition) is 0. The molecule has 4 nitrogen and oxygen atoms in total. The Morgan fingerprint density at radius 2 is 2.21 bits per heavy atom. The zero-order chi connectivity index (χ0) is 14.0. The van der Waals surface area contributed by atoms with E-state index in [0.29, 0.717) is 6.04 Å². The molecule has 0 spiro atoms.